The number of hydrogen-bond donors (Lipinski definition) is 11. The number of aliphatic hydroxyl groups is 1. The van der Waals surface area contributed by atoms with Crippen LogP contribution in [-0.4, -0.2) is 129 Å². The number of carbonyl (C=O) groups is 3. The van der Waals surface area contributed by atoms with E-state index in [1.54, 1.807) is 109 Å². The number of benzene rings is 6. The second-order valence-electron chi connectivity index (χ2n) is 21.1. The van der Waals surface area contributed by atoms with Crippen molar-refractivity contribution in [3.05, 3.63) is 162 Å². The largest absolute Gasteiger partial charge is 0.472 e. The lowest BCUT2D eigenvalue weighted by atomic mass is 10.0. The van der Waals surface area contributed by atoms with Crippen LogP contribution in [0.1, 0.15) is 51.8 Å². The summed E-state index contributed by atoms with van der Waals surface area (Å²) in [7, 11) is -16.0. The molecule has 0 radical (unpaired) electrons. The zero-order valence-corrected chi connectivity index (χ0v) is 49.5. The third-order valence-corrected chi connectivity index (χ3v) is 17.8. The van der Waals surface area contributed by atoms with Gasteiger partial charge in [0.15, 0.2) is 0 Å². The molecule has 12 aromatic rings. The summed E-state index contributed by atoms with van der Waals surface area (Å²) in [5.74, 6) is -2.32. The minimum atomic E-state index is -5.43. The van der Waals surface area contributed by atoms with Gasteiger partial charge in [0.25, 0.3) is 17.7 Å². The van der Waals surface area contributed by atoms with Gasteiger partial charge >= 0.3 is 23.5 Å². The first-order chi connectivity index (χ1) is 42.1. The number of para-hydroxylation sites is 6. The monoisotopic (exact) mass is 1250 g/mol. The molecule has 0 saturated heterocycles. The van der Waals surface area contributed by atoms with E-state index in [9.17, 15) is 52.8 Å². The molecule has 6 aromatic carbocycles. The second kappa shape index (κ2) is 24.0. The summed E-state index contributed by atoms with van der Waals surface area (Å²) in [6, 6.07) is 37.7. The molecule has 11 N–H and O–H groups in total. The van der Waals surface area contributed by atoms with Gasteiger partial charge in [0.05, 0.1) is 123 Å². The first-order valence-corrected chi connectivity index (χ1v) is 32.1. The Morgan fingerprint density at radius 2 is 0.716 bits per heavy atom. The maximum absolute atomic E-state index is 14.9. The molecule has 88 heavy (non-hydrogen) atoms. The first-order valence-electron chi connectivity index (χ1n) is 27.6. The summed E-state index contributed by atoms with van der Waals surface area (Å²) < 4.78 is 67.5. The lowest BCUT2D eigenvalue weighted by Crippen LogP contribution is -2.47. The standard InChI is InChI=1S/C60H56N9O16P3/c1-31(70)46(67-58(71)49-34-16-4-10-22-40(34)61-52-37-19-7-13-25-43(37)64-55(49)52)28-82-87(77,78)85-33(3)48(69-60(73)51-36-18-6-12-24-42(36)63-54-39-21-9-15-27-45(39)66-57(51)54)30-83-88(79,80)84-32(2)47(29-81-86(74,75)76)68-59(72)50-35-17-5-11-23-41(35)62-53-38-20-8-14-26-44(38)65-56(50)53/h4-27,31-33,46-48,64-66,70H,28-30H2,1-3H3,(H,67,71)(H,68,72)(H,69,73)(H,77,78)(H,79,80)(H2,74,75,76). The highest BCUT2D eigenvalue weighted by Crippen LogP contribution is 2.48. The van der Waals surface area contributed by atoms with Crippen molar-refractivity contribution in [2.24, 2.45) is 0 Å². The zero-order valence-electron chi connectivity index (χ0n) is 46.9. The Bertz CT molecular complexity index is 4900. The molecule has 0 saturated carbocycles. The van der Waals surface area contributed by atoms with E-state index in [1.165, 1.54) is 20.8 Å². The highest BCUT2D eigenvalue weighted by Gasteiger charge is 2.38. The van der Waals surface area contributed by atoms with Crippen molar-refractivity contribution in [1.29, 1.82) is 0 Å². The van der Waals surface area contributed by atoms with Crippen molar-refractivity contribution in [1.82, 2.24) is 45.9 Å². The molecule has 0 aliphatic heterocycles. The average molecular weight is 1250 g/mol. The van der Waals surface area contributed by atoms with Crippen LogP contribution in [-0.2, 0) is 36.3 Å². The molecule has 28 heteroatoms. The minimum Gasteiger partial charge on any atom is -0.391 e. The van der Waals surface area contributed by atoms with Crippen LogP contribution in [0.4, 0.5) is 0 Å². The predicted molar refractivity (Wildman–Crippen MR) is 329 cm³/mol. The number of aromatic nitrogens is 6. The van der Waals surface area contributed by atoms with Crippen LogP contribution in [0, 0.1) is 0 Å². The molecule has 3 amide bonds. The van der Waals surface area contributed by atoms with Crippen molar-refractivity contribution in [3.8, 4) is 0 Å². The van der Waals surface area contributed by atoms with Gasteiger partial charge in [-0.05, 0) is 57.2 Å². The van der Waals surface area contributed by atoms with Crippen molar-refractivity contribution < 1.29 is 75.4 Å². The molecule has 6 aromatic heterocycles. The van der Waals surface area contributed by atoms with Crippen molar-refractivity contribution >= 4 is 140 Å². The number of pyridine rings is 3. The molecule has 0 aliphatic rings. The van der Waals surface area contributed by atoms with Gasteiger partial charge in [0.2, 0.25) is 0 Å². The molecule has 0 aliphatic carbocycles. The first kappa shape index (κ1) is 60.0. The Balaban J connectivity index is 0.811. The van der Waals surface area contributed by atoms with Crippen molar-refractivity contribution in [2.45, 2.75) is 57.2 Å². The number of carbonyl (C=O) groups excluding carboxylic acids is 3. The fourth-order valence-corrected chi connectivity index (χ4v) is 13.2. The highest BCUT2D eigenvalue weighted by molar-refractivity contribution is 7.47. The fraction of sp³-hybridized carbons (Fsp3) is 0.200. The molecule has 25 nitrogen and oxygen atoms in total. The van der Waals surface area contributed by atoms with Gasteiger partial charge in [-0.25, -0.2) is 28.6 Å². The molecule has 0 spiro atoms. The fourth-order valence-electron chi connectivity index (χ4n) is 10.9. The van der Waals surface area contributed by atoms with Gasteiger partial charge in [0.1, 0.15) is 0 Å². The Labute approximate surface area is 498 Å². The quantitative estimate of drug-likeness (QED) is 0.0281. The lowest BCUT2D eigenvalue weighted by molar-refractivity contribution is 0.0385. The van der Waals surface area contributed by atoms with Crippen LogP contribution in [0.3, 0.4) is 0 Å². The van der Waals surface area contributed by atoms with Crippen LogP contribution >= 0.6 is 23.5 Å². The smallest absolute Gasteiger partial charge is 0.391 e. The molecule has 452 valence electrons. The van der Waals surface area contributed by atoms with Crippen LogP contribution in [0.25, 0.3) is 98.5 Å². The molecule has 8 atom stereocenters. The number of hydrogen-bond acceptors (Lipinski definition) is 15. The number of nitrogens with one attached hydrogen (secondary N) is 6. The lowest BCUT2D eigenvalue weighted by Gasteiger charge is -2.29. The molecular weight excluding hydrogens is 1200 g/mol. The normalized spacial score (nSPS) is 15.8. The Morgan fingerprint density at radius 3 is 1.05 bits per heavy atom. The summed E-state index contributed by atoms with van der Waals surface area (Å²) in [4.78, 5) is 111. The van der Waals surface area contributed by atoms with Gasteiger partial charge < -0.3 is 55.6 Å². The molecule has 6 heterocycles. The molecule has 0 fully saturated rings. The van der Waals surface area contributed by atoms with Crippen LogP contribution in [0.2, 0.25) is 0 Å². The van der Waals surface area contributed by atoms with E-state index in [0.29, 0.717) is 93.1 Å². The SMILES string of the molecule is CC(O)C(COP(=O)(O)OC(C)C(COP(=O)(O)OC(C)C(COP(=O)(O)O)NC(=O)c1c2ccccc2nc2c1[nH]c1ccccc12)NC(=O)c1c2ccccc2nc2c1[nH]c1ccccc12)NC(=O)c1c2ccccc2nc2c1[nH]c1ccccc12. The van der Waals surface area contributed by atoms with Crippen LogP contribution in [0.15, 0.2) is 146 Å². The van der Waals surface area contributed by atoms with Gasteiger partial charge in [0, 0.05) is 48.9 Å². The van der Waals surface area contributed by atoms with Gasteiger partial charge in [-0.1, -0.05) is 109 Å². The number of aromatic amines is 3. The van der Waals surface area contributed by atoms with E-state index in [2.05, 4.69) is 30.9 Å². The number of fused-ring (bicyclic) bond motifs is 12. The number of phosphoric ester groups is 3. The molecule has 12 rings (SSSR count). The number of phosphoric acid groups is 3. The number of rotatable bonds is 22. The van der Waals surface area contributed by atoms with Gasteiger partial charge in [-0.3, -0.25) is 37.0 Å². The summed E-state index contributed by atoms with van der Waals surface area (Å²) in [5, 5.41) is 22.5. The maximum Gasteiger partial charge on any atom is 0.472 e. The Morgan fingerprint density at radius 1 is 0.432 bits per heavy atom. The maximum atomic E-state index is 14.9. The zero-order chi connectivity index (χ0) is 61.8. The summed E-state index contributed by atoms with van der Waals surface area (Å²) in [6.45, 7) is 1.02. The van der Waals surface area contributed by atoms with Crippen molar-refractivity contribution in [3.63, 3.8) is 0 Å². The summed E-state index contributed by atoms with van der Waals surface area (Å²) in [5.41, 5.74) is 6.13. The number of aliphatic hydroxyl groups excluding tert-OH is 1. The third-order valence-electron chi connectivity index (χ3n) is 15.2. The number of nitrogens with zero attached hydrogens (tertiary/aromatic N) is 3. The van der Waals surface area contributed by atoms with Crippen LogP contribution < -0.4 is 16.0 Å². The van der Waals surface area contributed by atoms with E-state index >= 15 is 0 Å². The second-order valence-corrected chi connectivity index (χ2v) is 25.2. The molecule has 0 bridgehead atoms. The van der Waals surface area contributed by atoms with Gasteiger partial charge in [-0.15, -0.1) is 0 Å². The predicted octanol–water partition coefficient (Wildman–Crippen LogP) is 9.46. The number of H-pyrrole nitrogens is 3. The van der Waals surface area contributed by atoms with Crippen molar-refractivity contribution in [2.75, 3.05) is 19.8 Å². The van der Waals surface area contributed by atoms with Crippen LogP contribution in [0.5, 0.6) is 0 Å². The van der Waals surface area contributed by atoms with Gasteiger partial charge in [-0.2, -0.15) is 0 Å². The Hall–Kier alpha value is -8.35. The Kier molecular flexibility index (Phi) is 16.3. The average Bonchev–Trinajstić information content (AvgIpc) is 1.80. The van der Waals surface area contributed by atoms with E-state index in [-0.39, 0.29) is 16.7 Å². The summed E-state index contributed by atoms with van der Waals surface area (Å²) >= 11 is 0. The third kappa shape index (κ3) is 12.2. The summed E-state index contributed by atoms with van der Waals surface area (Å²) in [6.07, 6.45) is -4.67. The highest BCUT2D eigenvalue weighted by atomic mass is 31.2. The van der Waals surface area contributed by atoms with E-state index in [1.807, 2.05) is 36.4 Å². The van der Waals surface area contributed by atoms with E-state index < -0.39 is 97.4 Å². The molecular formula is C60H56N9O16P3. The minimum absolute atomic E-state index is 0.0621. The van der Waals surface area contributed by atoms with E-state index in [0.717, 1.165) is 5.39 Å². The number of amides is 3. The molecule has 8 unspecified atom stereocenters. The topological polar surface area (TPSA) is 372 Å². The van der Waals surface area contributed by atoms with E-state index in [4.69, 9.17) is 37.6 Å².